The quantitative estimate of drug-likeness (QED) is 0.543. The fourth-order valence-electron chi connectivity index (χ4n) is 2.22. The van der Waals surface area contributed by atoms with Gasteiger partial charge in [-0.3, -0.25) is 4.79 Å². The molecule has 114 valence electrons. The Kier molecular flexibility index (Phi) is 3.81. The second-order valence-corrected chi connectivity index (χ2v) is 5.13. The van der Waals surface area contributed by atoms with Gasteiger partial charge in [-0.25, -0.2) is 4.79 Å². The van der Waals surface area contributed by atoms with Crippen molar-refractivity contribution >= 4 is 16.9 Å². The summed E-state index contributed by atoms with van der Waals surface area (Å²) in [4.78, 5) is 24.7. The van der Waals surface area contributed by atoms with Crippen molar-refractivity contribution in [3.8, 4) is 17.1 Å². The molecule has 0 saturated heterocycles. The molecule has 0 aliphatic carbocycles. The first kappa shape index (κ1) is 14.8. The standard InChI is InChI=1S/C19H14O4/c1-12(2)18(21)23-19-16(13-8-4-3-5-9-13)17(20)14-10-6-7-11-15(14)22-19/h3-11H,1H2,2H3. The van der Waals surface area contributed by atoms with Gasteiger partial charge in [0.1, 0.15) is 11.1 Å². The molecule has 1 heterocycles. The SMILES string of the molecule is C=C(C)C(=O)Oc1oc2ccccc2c(=O)c1-c1ccccc1. The summed E-state index contributed by atoms with van der Waals surface area (Å²) in [6.45, 7) is 5.08. The van der Waals surface area contributed by atoms with Crippen LogP contribution in [-0.4, -0.2) is 5.97 Å². The molecule has 0 aliphatic rings. The summed E-state index contributed by atoms with van der Waals surface area (Å²) >= 11 is 0. The van der Waals surface area contributed by atoms with Crippen molar-refractivity contribution < 1.29 is 13.9 Å². The van der Waals surface area contributed by atoms with E-state index in [0.717, 1.165) is 0 Å². The maximum Gasteiger partial charge on any atom is 0.340 e. The van der Waals surface area contributed by atoms with Gasteiger partial charge in [0, 0.05) is 5.57 Å². The summed E-state index contributed by atoms with van der Waals surface area (Å²) in [6, 6.07) is 15.8. The summed E-state index contributed by atoms with van der Waals surface area (Å²) < 4.78 is 10.9. The van der Waals surface area contributed by atoms with Crippen molar-refractivity contribution in [2.45, 2.75) is 6.92 Å². The normalized spacial score (nSPS) is 10.5. The zero-order valence-corrected chi connectivity index (χ0v) is 12.5. The zero-order valence-electron chi connectivity index (χ0n) is 12.5. The molecule has 4 nitrogen and oxygen atoms in total. The topological polar surface area (TPSA) is 56.5 Å². The van der Waals surface area contributed by atoms with Gasteiger partial charge in [-0.05, 0) is 24.6 Å². The highest BCUT2D eigenvalue weighted by Crippen LogP contribution is 2.30. The van der Waals surface area contributed by atoms with Crippen molar-refractivity contribution in [2.75, 3.05) is 0 Å². The van der Waals surface area contributed by atoms with Gasteiger partial charge in [-0.2, -0.15) is 0 Å². The Hall–Kier alpha value is -3.14. The predicted molar refractivity (Wildman–Crippen MR) is 88.4 cm³/mol. The molecule has 3 rings (SSSR count). The summed E-state index contributed by atoms with van der Waals surface area (Å²) in [5, 5.41) is 0.432. The lowest BCUT2D eigenvalue weighted by Crippen LogP contribution is -2.13. The minimum Gasteiger partial charge on any atom is -0.425 e. The van der Waals surface area contributed by atoms with Crippen LogP contribution in [0.1, 0.15) is 6.92 Å². The first-order chi connectivity index (χ1) is 11.1. The lowest BCUT2D eigenvalue weighted by molar-refractivity contribution is -0.131. The van der Waals surface area contributed by atoms with Gasteiger partial charge in [0.05, 0.1) is 5.39 Å². The van der Waals surface area contributed by atoms with E-state index < -0.39 is 5.97 Å². The van der Waals surface area contributed by atoms with Crippen molar-refractivity contribution in [2.24, 2.45) is 0 Å². The van der Waals surface area contributed by atoms with Gasteiger partial charge in [-0.15, -0.1) is 0 Å². The summed E-state index contributed by atoms with van der Waals surface area (Å²) in [6.07, 6.45) is 0. The number of ether oxygens (including phenoxy) is 1. The maximum atomic E-state index is 12.8. The molecular formula is C19H14O4. The number of hydrogen-bond acceptors (Lipinski definition) is 4. The van der Waals surface area contributed by atoms with E-state index in [4.69, 9.17) is 9.15 Å². The fourth-order valence-corrected chi connectivity index (χ4v) is 2.22. The molecule has 0 radical (unpaired) electrons. The lowest BCUT2D eigenvalue weighted by Gasteiger charge is -2.10. The van der Waals surface area contributed by atoms with E-state index in [0.29, 0.717) is 16.5 Å². The molecular weight excluding hydrogens is 292 g/mol. The second kappa shape index (κ2) is 5.93. The minimum absolute atomic E-state index is 0.118. The number of carbonyl (C=O) groups excluding carboxylic acids is 1. The molecule has 0 saturated carbocycles. The largest absolute Gasteiger partial charge is 0.425 e. The predicted octanol–water partition coefficient (Wildman–Crippen LogP) is 3.94. The van der Waals surface area contributed by atoms with E-state index in [9.17, 15) is 9.59 Å². The van der Waals surface area contributed by atoms with Crippen molar-refractivity contribution in [3.63, 3.8) is 0 Å². The first-order valence-corrected chi connectivity index (χ1v) is 7.07. The van der Waals surface area contributed by atoms with Crippen molar-refractivity contribution in [1.29, 1.82) is 0 Å². The van der Waals surface area contributed by atoms with Crippen LogP contribution in [0.2, 0.25) is 0 Å². The summed E-state index contributed by atoms with van der Waals surface area (Å²) in [5.41, 5.74) is 1.18. The van der Waals surface area contributed by atoms with Gasteiger partial charge in [0.15, 0.2) is 0 Å². The van der Waals surface area contributed by atoms with Crippen molar-refractivity contribution in [1.82, 2.24) is 0 Å². The van der Waals surface area contributed by atoms with Crippen LogP contribution >= 0.6 is 0 Å². The highest BCUT2D eigenvalue weighted by molar-refractivity contribution is 5.91. The second-order valence-electron chi connectivity index (χ2n) is 5.13. The van der Waals surface area contributed by atoms with E-state index in [1.165, 1.54) is 6.92 Å². The average molecular weight is 306 g/mol. The number of esters is 1. The Morgan fingerprint density at radius 1 is 1.04 bits per heavy atom. The van der Waals surface area contributed by atoms with E-state index in [2.05, 4.69) is 6.58 Å². The van der Waals surface area contributed by atoms with Gasteiger partial charge in [0.2, 0.25) is 5.43 Å². The third-order valence-corrected chi connectivity index (χ3v) is 3.36. The van der Waals surface area contributed by atoms with Crippen LogP contribution in [0.25, 0.3) is 22.1 Å². The molecule has 3 aromatic rings. The summed E-state index contributed by atoms with van der Waals surface area (Å²) in [5.74, 6) is -0.756. The van der Waals surface area contributed by atoms with E-state index in [1.54, 1.807) is 48.5 Å². The Morgan fingerprint density at radius 3 is 2.39 bits per heavy atom. The van der Waals surface area contributed by atoms with E-state index >= 15 is 0 Å². The van der Waals surface area contributed by atoms with Crippen LogP contribution in [0.3, 0.4) is 0 Å². The third kappa shape index (κ3) is 2.79. The highest BCUT2D eigenvalue weighted by atomic mass is 16.6. The van der Waals surface area contributed by atoms with Crippen LogP contribution in [0.4, 0.5) is 0 Å². The lowest BCUT2D eigenvalue weighted by atomic mass is 10.1. The molecule has 0 atom stereocenters. The number of fused-ring (bicyclic) bond motifs is 1. The molecule has 2 aromatic carbocycles. The number of para-hydroxylation sites is 1. The average Bonchev–Trinajstić information content (AvgIpc) is 2.56. The van der Waals surface area contributed by atoms with Crippen LogP contribution in [0.15, 0.2) is 76.0 Å². The number of hydrogen-bond donors (Lipinski definition) is 0. The van der Waals surface area contributed by atoms with Crippen LogP contribution in [-0.2, 0) is 4.79 Å². The third-order valence-electron chi connectivity index (χ3n) is 3.36. The monoisotopic (exact) mass is 306 g/mol. The van der Waals surface area contributed by atoms with Crippen LogP contribution in [0.5, 0.6) is 5.95 Å². The van der Waals surface area contributed by atoms with Gasteiger partial charge < -0.3 is 9.15 Å². The molecule has 0 amide bonds. The highest BCUT2D eigenvalue weighted by Gasteiger charge is 2.20. The fraction of sp³-hybridized carbons (Fsp3) is 0.0526. The molecule has 23 heavy (non-hydrogen) atoms. The van der Waals surface area contributed by atoms with Gasteiger partial charge in [-0.1, -0.05) is 49.0 Å². The Balaban J connectivity index is 2.30. The molecule has 1 aromatic heterocycles. The van der Waals surface area contributed by atoms with Crippen molar-refractivity contribution in [3.05, 3.63) is 77.0 Å². The van der Waals surface area contributed by atoms with Crippen LogP contribution in [0, 0.1) is 0 Å². The maximum absolute atomic E-state index is 12.8. The summed E-state index contributed by atoms with van der Waals surface area (Å²) in [7, 11) is 0. The number of rotatable bonds is 3. The smallest absolute Gasteiger partial charge is 0.340 e. The molecule has 0 aliphatic heterocycles. The Bertz CT molecular complexity index is 952. The van der Waals surface area contributed by atoms with Gasteiger partial charge >= 0.3 is 11.9 Å². The number of benzene rings is 2. The van der Waals surface area contributed by atoms with E-state index in [-0.39, 0.29) is 22.5 Å². The Morgan fingerprint density at radius 2 is 1.70 bits per heavy atom. The molecule has 0 fully saturated rings. The molecule has 4 heteroatoms. The Labute approximate surface area is 132 Å². The molecule has 0 bridgehead atoms. The first-order valence-electron chi connectivity index (χ1n) is 7.07. The minimum atomic E-state index is -0.638. The zero-order chi connectivity index (χ0) is 16.4. The molecule has 0 N–H and O–H groups in total. The van der Waals surface area contributed by atoms with Gasteiger partial charge in [0.25, 0.3) is 0 Å². The molecule has 0 spiro atoms. The number of carbonyl (C=O) groups is 1. The molecule has 0 unspecified atom stereocenters. The van der Waals surface area contributed by atoms with E-state index in [1.807, 2.05) is 6.07 Å². The van der Waals surface area contributed by atoms with Crippen LogP contribution < -0.4 is 10.2 Å².